The Balaban J connectivity index is 1.85. The fraction of sp³-hybridized carbons (Fsp3) is 0.632. The van der Waals surface area contributed by atoms with Crippen molar-refractivity contribution >= 4 is 0 Å². The smallest absolute Gasteiger partial charge is 0.0401 e. The maximum absolute atomic E-state index is 4.30. The molecule has 1 saturated heterocycles. The molecule has 0 aliphatic carbocycles. The van der Waals surface area contributed by atoms with Gasteiger partial charge in [-0.05, 0) is 71.2 Å². The lowest BCUT2D eigenvalue weighted by molar-refractivity contribution is 0.267. The summed E-state index contributed by atoms with van der Waals surface area (Å²) in [5.41, 5.74) is 2.77. The summed E-state index contributed by atoms with van der Waals surface area (Å²) in [4.78, 5) is 6.77. The second kappa shape index (κ2) is 8.44. The minimum absolute atomic E-state index is 0.506. The van der Waals surface area contributed by atoms with Crippen LogP contribution in [0.2, 0.25) is 0 Å². The van der Waals surface area contributed by atoms with Crippen LogP contribution < -0.4 is 5.32 Å². The van der Waals surface area contributed by atoms with Gasteiger partial charge in [0.1, 0.15) is 0 Å². The highest BCUT2D eigenvalue weighted by Crippen LogP contribution is 2.35. The summed E-state index contributed by atoms with van der Waals surface area (Å²) in [6.45, 7) is 8.92. The van der Waals surface area contributed by atoms with E-state index >= 15 is 0 Å². The van der Waals surface area contributed by atoms with Crippen molar-refractivity contribution in [2.75, 3.05) is 20.1 Å². The quantitative estimate of drug-likeness (QED) is 0.777. The van der Waals surface area contributed by atoms with E-state index < -0.39 is 0 Å². The van der Waals surface area contributed by atoms with E-state index in [0.29, 0.717) is 18.0 Å². The van der Waals surface area contributed by atoms with Crippen molar-refractivity contribution in [3.8, 4) is 0 Å². The monoisotopic (exact) mass is 301 g/mol. The van der Waals surface area contributed by atoms with Crippen molar-refractivity contribution in [2.24, 2.45) is 5.92 Å². The average molecular weight is 301 g/mol. The van der Waals surface area contributed by atoms with E-state index in [1.54, 1.807) is 0 Å². The normalized spacial score (nSPS) is 23.5. The van der Waals surface area contributed by atoms with Crippen molar-refractivity contribution < 1.29 is 0 Å². The Morgan fingerprint density at radius 3 is 3.00 bits per heavy atom. The number of hydrogen-bond acceptors (Lipinski definition) is 3. The lowest BCUT2D eigenvalue weighted by Crippen LogP contribution is -2.33. The van der Waals surface area contributed by atoms with E-state index in [9.17, 15) is 0 Å². The van der Waals surface area contributed by atoms with Gasteiger partial charge >= 0.3 is 0 Å². The molecule has 1 aromatic rings. The van der Waals surface area contributed by atoms with Gasteiger partial charge in [0.25, 0.3) is 0 Å². The molecule has 1 aliphatic heterocycles. The van der Waals surface area contributed by atoms with Gasteiger partial charge in [-0.2, -0.15) is 0 Å². The van der Waals surface area contributed by atoms with Gasteiger partial charge in [-0.25, -0.2) is 0 Å². The zero-order chi connectivity index (χ0) is 15.9. The Kier molecular flexibility index (Phi) is 6.59. The molecule has 0 bridgehead atoms. The molecule has 2 rings (SSSR count). The van der Waals surface area contributed by atoms with Crippen molar-refractivity contribution in [3.63, 3.8) is 0 Å². The largest absolute Gasteiger partial charge is 0.314 e. The fourth-order valence-electron chi connectivity index (χ4n) is 3.39. The highest BCUT2D eigenvalue weighted by atomic mass is 15.2. The van der Waals surface area contributed by atoms with Gasteiger partial charge < -0.3 is 5.32 Å². The summed E-state index contributed by atoms with van der Waals surface area (Å²) in [7, 11) is 2.23. The lowest BCUT2D eigenvalue weighted by atomic mass is 9.94. The molecule has 0 spiro atoms. The molecule has 0 radical (unpaired) electrons. The van der Waals surface area contributed by atoms with Crippen LogP contribution in [-0.4, -0.2) is 36.1 Å². The van der Waals surface area contributed by atoms with Gasteiger partial charge in [0.15, 0.2) is 0 Å². The Hall–Kier alpha value is -1.19. The predicted molar refractivity (Wildman–Crippen MR) is 93.8 cm³/mol. The maximum atomic E-state index is 4.30. The Bertz CT molecular complexity index is 465. The first kappa shape index (κ1) is 17.2. The molecule has 1 fully saturated rings. The van der Waals surface area contributed by atoms with E-state index in [4.69, 9.17) is 0 Å². The molecule has 3 atom stereocenters. The zero-order valence-corrected chi connectivity index (χ0v) is 14.5. The molecule has 3 nitrogen and oxygen atoms in total. The first-order valence-corrected chi connectivity index (χ1v) is 8.55. The Morgan fingerprint density at radius 1 is 1.50 bits per heavy atom. The molecule has 22 heavy (non-hydrogen) atoms. The van der Waals surface area contributed by atoms with E-state index in [1.165, 1.54) is 36.9 Å². The van der Waals surface area contributed by atoms with Crippen LogP contribution in [0.15, 0.2) is 36.2 Å². The predicted octanol–water partition coefficient (Wildman–Crippen LogP) is 3.80. The molecular weight excluding hydrogens is 270 g/mol. The number of nitrogens with zero attached hydrogens (tertiary/aromatic N) is 2. The van der Waals surface area contributed by atoms with Crippen LogP contribution in [0.5, 0.6) is 0 Å². The fourth-order valence-corrected chi connectivity index (χ4v) is 3.39. The van der Waals surface area contributed by atoms with Crippen LogP contribution in [0, 0.1) is 5.92 Å². The lowest BCUT2D eigenvalue weighted by Gasteiger charge is -2.26. The van der Waals surface area contributed by atoms with Gasteiger partial charge in [0.2, 0.25) is 0 Å². The number of aromatic nitrogens is 1. The second-order valence-electron chi connectivity index (χ2n) is 6.93. The molecular formula is C19H31N3. The van der Waals surface area contributed by atoms with E-state index in [2.05, 4.69) is 55.2 Å². The molecule has 1 N–H and O–H groups in total. The highest BCUT2D eigenvalue weighted by Gasteiger charge is 2.32. The van der Waals surface area contributed by atoms with Crippen LogP contribution in [0.3, 0.4) is 0 Å². The third kappa shape index (κ3) is 4.92. The molecule has 0 aromatic carbocycles. The molecule has 0 saturated carbocycles. The standard InChI is InChI=1S/C19H31N3/c1-15(2)7-5-8-16(3)21-14-18-10-12-22(4)19(18)17-9-6-11-20-13-17/h6-7,9,11,13,16,18-19,21H,5,8,10,12,14H2,1-4H3/t16-,18-,19-/m0/s1. The highest BCUT2D eigenvalue weighted by molar-refractivity contribution is 5.17. The van der Waals surface area contributed by atoms with Crippen LogP contribution in [-0.2, 0) is 0 Å². The summed E-state index contributed by atoms with van der Waals surface area (Å²) in [5, 5.41) is 3.74. The Labute approximate surface area is 135 Å². The van der Waals surface area contributed by atoms with E-state index in [1.807, 2.05) is 18.5 Å². The van der Waals surface area contributed by atoms with Crippen molar-refractivity contribution in [2.45, 2.75) is 52.1 Å². The number of pyridine rings is 1. The minimum atomic E-state index is 0.506. The Morgan fingerprint density at radius 2 is 2.32 bits per heavy atom. The van der Waals surface area contributed by atoms with Gasteiger partial charge in [0.05, 0.1) is 0 Å². The van der Waals surface area contributed by atoms with Crippen molar-refractivity contribution in [3.05, 3.63) is 41.7 Å². The van der Waals surface area contributed by atoms with Gasteiger partial charge in [-0.15, -0.1) is 0 Å². The minimum Gasteiger partial charge on any atom is -0.314 e. The molecule has 3 heteroatoms. The van der Waals surface area contributed by atoms with Crippen molar-refractivity contribution in [1.29, 1.82) is 0 Å². The number of likely N-dealkylation sites (tertiary alicyclic amines) is 1. The van der Waals surface area contributed by atoms with Gasteiger partial charge in [-0.1, -0.05) is 17.7 Å². The van der Waals surface area contributed by atoms with Crippen LogP contribution >= 0.6 is 0 Å². The molecule has 1 aliphatic rings. The molecule has 2 heterocycles. The van der Waals surface area contributed by atoms with Gasteiger partial charge in [0, 0.05) is 31.0 Å². The average Bonchev–Trinajstić information content (AvgIpc) is 2.86. The summed E-state index contributed by atoms with van der Waals surface area (Å²) >= 11 is 0. The first-order valence-electron chi connectivity index (χ1n) is 8.55. The van der Waals surface area contributed by atoms with Crippen LogP contribution in [0.4, 0.5) is 0 Å². The molecule has 0 amide bonds. The second-order valence-corrected chi connectivity index (χ2v) is 6.93. The number of allylic oxidation sites excluding steroid dienone is 2. The first-order chi connectivity index (χ1) is 10.6. The topological polar surface area (TPSA) is 28.2 Å². The summed E-state index contributed by atoms with van der Waals surface area (Å²) < 4.78 is 0. The van der Waals surface area contributed by atoms with E-state index in [0.717, 1.165) is 6.54 Å². The maximum Gasteiger partial charge on any atom is 0.0401 e. The number of hydrogen-bond donors (Lipinski definition) is 1. The summed E-state index contributed by atoms with van der Waals surface area (Å²) in [5.74, 6) is 0.681. The van der Waals surface area contributed by atoms with Crippen molar-refractivity contribution in [1.82, 2.24) is 15.2 Å². The van der Waals surface area contributed by atoms with Crippen LogP contribution in [0.1, 0.15) is 51.6 Å². The third-order valence-corrected chi connectivity index (χ3v) is 4.68. The van der Waals surface area contributed by atoms with Gasteiger partial charge in [-0.3, -0.25) is 9.88 Å². The van der Waals surface area contributed by atoms with E-state index in [-0.39, 0.29) is 0 Å². The summed E-state index contributed by atoms with van der Waals surface area (Å²) in [6, 6.07) is 5.35. The number of rotatable bonds is 7. The SMILES string of the molecule is CC(C)=CCC[C@H](C)NC[C@@H]1CCN(C)[C@H]1c1cccnc1. The number of nitrogens with one attached hydrogen (secondary N) is 1. The molecule has 0 unspecified atom stereocenters. The summed E-state index contributed by atoms with van der Waals surface area (Å²) in [6.07, 6.45) is 9.87. The zero-order valence-electron chi connectivity index (χ0n) is 14.5. The van der Waals surface area contributed by atoms with Crippen LogP contribution in [0.25, 0.3) is 0 Å². The molecule has 1 aromatic heterocycles. The third-order valence-electron chi connectivity index (χ3n) is 4.68. The molecule has 122 valence electrons.